The number of rotatable bonds is 9. The predicted octanol–water partition coefficient (Wildman–Crippen LogP) is 5.41. The highest BCUT2D eigenvalue weighted by Gasteiger charge is 2.36. The Bertz CT molecular complexity index is 1640. The second-order valence-electron chi connectivity index (χ2n) is 10.7. The van der Waals surface area contributed by atoms with Gasteiger partial charge in [0.2, 0.25) is 0 Å². The molecule has 1 aliphatic rings. The summed E-state index contributed by atoms with van der Waals surface area (Å²) in [7, 11) is 2.32. The first kappa shape index (κ1) is 32.6. The zero-order valence-electron chi connectivity index (χ0n) is 24.7. The van der Waals surface area contributed by atoms with E-state index in [-0.39, 0.29) is 48.1 Å². The molecule has 0 bridgehead atoms. The number of carbonyl (C=O) groups is 2. The monoisotopic (exact) mass is 621 g/mol. The Morgan fingerprint density at radius 2 is 1.75 bits per heavy atom. The number of aryl methyl sites for hydroxylation is 1. The maximum atomic E-state index is 14.9. The van der Waals surface area contributed by atoms with Gasteiger partial charge in [0, 0.05) is 31.4 Å². The highest BCUT2D eigenvalue weighted by molar-refractivity contribution is 5.97. The van der Waals surface area contributed by atoms with E-state index < -0.39 is 52.4 Å². The molecule has 2 aromatic carbocycles. The first-order chi connectivity index (χ1) is 20.7. The van der Waals surface area contributed by atoms with Gasteiger partial charge in [-0.1, -0.05) is 19.1 Å². The molecule has 2 atom stereocenters. The van der Waals surface area contributed by atoms with E-state index in [1.165, 1.54) is 26.1 Å². The number of aromatic nitrogens is 1. The third-order valence-electron chi connectivity index (χ3n) is 7.74. The maximum Gasteiger partial charge on any atom is 0.418 e. The Morgan fingerprint density at radius 1 is 1.11 bits per heavy atom. The zero-order valence-corrected chi connectivity index (χ0v) is 24.7. The number of anilines is 1. The van der Waals surface area contributed by atoms with Crippen LogP contribution in [0.25, 0.3) is 11.1 Å². The van der Waals surface area contributed by atoms with E-state index in [1.807, 2.05) is 13.8 Å². The van der Waals surface area contributed by atoms with Gasteiger partial charge in [-0.15, -0.1) is 0 Å². The Labute approximate surface area is 250 Å². The average Bonchev–Trinajstić information content (AvgIpc) is 3.44. The molecule has 4 rings (SSSR count). The third-order valence-corrected chi connectivity index (χ3v) is 7.74. The molecule has 236 valence electrons. The number of esters is 1. The normalized spacial score (nSPS) is 14.1. The van der Waals surface area contributed by atoms with Gasteiger partial charge in [0.05, 0.1) is 31.5 Å². The van der Waals surface area contributed by atoms with E-state index in [9.17, 15) is 36.3 Å². The number of alkyl halides is 3. The van der Waals surface area contributed by atoms with Gasteiger partial charge in [-0.25, -0.2) is 13.6 Å². The Morgan fingerprint density at radius 3 is 2.34 bits per heavy atom. The number of hydrogen-bond acceptors (Lipinski definition) is 6. The van der Waals surface area contributed by atoms with Crippen LogP contribution in [0.3, 0.4) is 0 Å². The fourth-order valence-electron chi connectivity index (χ4n) is 5.24. The number of pyridine rings is 1. The van der Waals surface area contributed by atoms with E-state index >= 15 is 0 Å². The van der Waals surface area contributed by atoms with Crippen molar-refractivity contribution in [2.45, 2.75) is 65.1 Å². The van der Waals surface area contributed by atoms with E-state index in [0.717, 1.165) is 30.0 Å². The number of benzene rings is 2. The van der Waals surface area contributed by atoms with Crippen molar-refractivity contribution in [1.29, 1.82) is 0 Å². The van der Waals surface area contributed by atoms with Crippen LogP contribution in [0, 0.1) is 18.6 Å². The van der Waals surface area contributed by atoms with Gasteiger partial charge in [0.15, 0.2) is 0 Å². The molecule has 0 spiro atoms. The van der Waals surface area contributed by atoms with Crippen LogP contribution in [0.4, 0.5) is 27.6 Å². The fraction of sp³-hybridized carbons (Fsp3) is 0.387. The first-order valence-electron chi connectivity index (χ1n) is 13.8. The van der Waals surface area contributed by atoms with Crippen molar-refractivity contribution in [3.05, 3.63) is 85.8 Å². The second-order valence-corrected chi connectivity index (χ2v) is 10.7. The largest absolute Gasteiger partial charge is 0.467 e. The minimum atomic E-state index is -4.69. The molecular weight excluding hydrogens is 589 g/mol. The van der Waals surface area contributed by atoms with Gasteiger partial charge >= 0.3 is 12.1 Å². The molecule has 0 saturated heterocycles. The number of halogens is 5. The highest BCUT2D eigenvalue weighted by atomic mass is 19.4. The van der Waals surface area contributed by atoms with Crippen molar-refractivity contribution >= 4 is 17.6 Å². The van der Waals surface area contributed by atoms with Crippen molar-refractivity contribution in [1.82, 2.24) is 9.88 Å². The molecule has 8 nitrogen and oxygen atoms in total. The summed E-state index contributed by atoms with van der Waals surface area (Å²) in [6, 6.07) is 3.49. The molecular formula is C31H32F5N3O5. The topological polar surface area (TPSA) is 98.7 Å². The lowest BCUT2D eigenvalue weighted by Gasteiger charge is -2.21. The summed E-state index contributed by atoms with van der Waals surface area (Å²) in [5.74, 6) is -4.34. The summed E-state index contributed by atoms with van der Waals surface area (Å²) < 4.78 is 82.3. The van der Waals surface area contributed by atoms with Gasteiger partial charge in [-0.3, -0.25) is 9.59 Å². The van der Waals surface area contributed by atoms with Crippen LogP contribution in [-0.4, -0.2) is 35.6 Å². The lowest BCUT2D eigenvalue weighted by molar-refractivity contribution is -0.143. The van der Waals surface area contributed by atoms with Gasteiger partial charge in [0.25, 0.3) is 11.5 Å². The summed E-state index contributed by atoms with van der Waals surface area (Å²) in [4.78, 5) is 38.7. The van der Waals surface area contributed by atoms with Crippen LogP contribution >= 0.6 is 0 Å². The maximum absolute atomic E-state index is 14.9. The molecule has 1 amide bonds. The van der Waals surface area contributed by atoms with Gasteiger partial charge in [-0.2, -0.15) is 13.2 Å². The van der Waals surface area contributed by atoms with Crippen LogP contribution in [0.5, 0.6) is 0 Å². The second kappa shape index (κ2) is 12.8. The predicted molar refractivity (Wildman–Crippen MR) is 152 cm³/mol. The zero-order chi connectivity index (χ0) is 32.5. The molecule has 2 heterocycles. The molecule has 0 saturated carbocycles. The smallest absolute Gasteiger partial charge is 0.418 e. The molecule has 0 fully saturated rings. The number of fused-ring (bicyclic) bond motifs is 1. The van der Waals surface area contributed by atoms with Crippen molar-refractivity contribution in [2.75, 3.05) is 12.4 Å². The van der Waals surface area contributed by atoms with E-state index in [2.05, 4.69) is 10.6 Å². The minimum absolute atomic E-state index is 0.0138. The van der Waals surface area contributed by atoms with Crippen molar-refractivity contribution < 1.29 is 41.0 Å². The van der Waals surface area contributed by atoms with Gasteiger partial charge in [0.1, 0.15) is 23.2 Å². The summed E-state index contributed by atoms with van der Waals surface area (Å²) >= 11 is 0. The summed E-state index contributed by atoms with van der Waals surface area (Å²) in [5.41, 5.74) is -1.01. The standard InChI is InChI=1S/C31H32F5N3O5/c1-6-15(2)37-18-10-23(32)27(24(33)11-18)28(40)38-25(30(42)43-5)9-17-7-8-19(21-14-44-13-20(17)21)26-16(3)22(31(34,35)36)12-39(4)29(26)41/h7-8,10-12,15,25,37H,6,9,13-14H2,1-5H3,(H,38,40)/t15-,25-/m0/s1. The summed E-state index contributed by atoms with van der Waals surface area (Å²) in [6.45, 7) is 4.95. The molecule has 44 heavy (non-hydrogen) atoms. The first-order valence-corrected chi connectivity index (χ1v) is 13.8. The molecule has 0 unspecified atom stereocenters. The highest BCUT2D eigenvalue weighted by Crippen LogP contribution is 2.38. The van der Waals surface area contributed by atoms with E-state index in [4.69, 9.17) is 9.47 Å². The molecule has 1 aromatic heterocycles. The minimum Gasteiger partial charge on any atom is -0.467 e. The molecule has 0 aliphatic carbocycles. The van der Waals surface area contributed by atoms with Crippen LogP contribution in [0.15, 0.2) is 35.3 Å². The van der Waals surface area contributed by atoms with Gasteiger partial charge in [-0.05, 0) is 60.2 Å². The summed E-state index contributed by atoms with van der Waals surface area (Å²) in [5, 5.41) is 5.27. The number of nitrogens with zero attached hydrogens (tertiary/aromatic N) is 1. The molecule has 0 radical (unpaired) electrons. The Balaban J connectivity index is 1.69. The lowest BCUT2D eigenvalue weighted by Crippen LogP contribution is -2.43. The van der Waals surface area contributed by atoms with Crippen LogP contribution in [0.2, 0.25) is 0 Å². The number of methoxy groups -OCH3 is 1. The van der Waals surface area contributed by atoms with Crippen molar-refractivity contribution in [3.63, 3.8) is 0 Å². The van der Waals surface area contributed by atoms with Crippen molar-refractivity contribution in [2.24, 2.45) is 7.05 Å². The Kier molecular flexibility index (Phi) is 9.47. The average molecular weight is 622 g/mol. The number of nitrogens with one attached hydrogen (secondary N) is 2. The summed E-state index contributed by atoms with van der Waals surface area (Å²) in [6.07, 6.45) is -3.45. The van der Waals surface area contributed by atoms with E-state index in [0.29, 0.717) is 23.1 Å². The number of amides is 1. The molecule has 3 aromatic rings. The van der Waals surface area contributed by atoms with Crippen molar-refractivity contribution in [3.8, 4) is 11.1 Å². The van der Waals surface area contributed by atoms with E-state index in [1.54, 1.807) is 0 Å². The van der Waals surface area contributed by atoms with Gasteiger partial charge < -0.3 is 24.7 Å². The molecule has 2 N–H and O–H groups in total. The number of carbonyl (C=O) groups excluding carboxylic acids is 2. The quantitative estimate of drug-likeness (QED) is 0.245. The lowest BCUT2D eigenvalue weighted by atomic mass is 9.89. The SMILES string of the molecule is CC[C@H](C)Nc1cc(F)c(C(=O)N[C@@H](Cc2ccc(-c3c(C)c(C(F)(F)F)cn(C)c3=O)c3c2COC3)C(=O)OC)c(F)c1. The Hall–Kier alpha value is -4.26. The van der Waals surface area contributed by atoms with Crippen LogP contribution < -0.4 is 16.2 Å². The number of hydrogen-bond donors (Lipinski definition) is 2. The van der Waals surface area contributed by atoms with Crippen LogP contribution in [-0.2, 0) is 47.1 Å². The molecule has 13 heteroatoms. The third kappa shape index (κ3) is 6.47. The molecule has 1 aliphatic heterocycles. The van der Waals surface area contributed by atoms with Crippen LogP contribution in [0.1, 0.15) is 58.4 Å². The number of ether oxygens (including phenoxy) is 2. The fourth-order valence-corrected chi connectivity index (χ4v) is 5.24.